The van der Waals surface area contributed by atoms with Crippen LogP contribution < -0.4 is 10.6 Å². The van der Waals surface area contributed by atoms with E-state index >= 15 is 0 Å². The fourth-order valence-corrected chi connectivity index (χ4v) is 1.41. The summed E-state index contributed by atoms with van der Waals surface area (Å²) >= 11 is 0. The number of aliphatic imine (C=N–C) groups is 1. The standard InChI is InChI=1S/C14H32N4O.HI/c1-6-18(5)10-8-16-14(15-4)17-9-12-19-11-7-13(2)3;/h13H,6-12H2,1-5H3,(H2,15,16,17);1H. The lowest BCUT2D eigenvalue weighted by Gasteiger charge is -2.16. The number of nitrogens with one attached hydrogen (secondary N) is 2. The van der Waals surface area contributed by atoms with Gasteiger partial charge < -0.3 is 20.3 Å². The summed E-state index contributed by atoms with van der Waals surface area (Å²) in [5.74, 6) is 1.55. The maximum absolute atomic E-state index is 5.55. The number of halogens is 1. The van der Waals surface area contributed by atoms with Crippen LogP contribution in [-0.4, -0.2) is 64.3 Å². The molecule has 0 rings (SSSR count). The van der Waals surface area contributed by atoms with Crippen LogP contribution in [0.2, 0.25) is 0 Å². The Balaban J connectivity index is 0. The van der Waals surface area contributed by atoms with Gasteiger partial charge in [-0.15, -0.1) is 24.0 Å². The smallest absolute Gasteiger partial charge is 0.191 e. The maximum atomic E-state index is 5.55. The van der Waals surface area contributed by atoms with Crippen LogP contribution in [-0.2, 0) is 4.74 Å². The van der Waals surface area contributed by atoms with Crippen molar-refractivity contribution >= 4 is 29.9 Å². The van der Waals surface area contributed by atoms with Gasteiger partial charge >= 0.3 is 0 Å². The molecule has 0 saturated carbocycles. The van der Waals surface area contributed by atoms with E-state index in [0.717, 1.165) is 51.8 Å². The zero-order valence-electron chi connectivity index (χ0n) is 13.7. The van der Waals surface area contributed by atoms with Crippen LogP contribution in [0.3, 0.4) is 0 Å². The van der Waals surface area contributed by atoms with E-state index in [2.05, 4.69) is 48.3 Å². The Labute approximate surface area is 141 Å². The van der Waals surface area contributed by atoms with Crippen molar-refractivity contribution in [2.75, 3.05) is 53.5 Å². The van der Waals surface area contributed by atoms with E-state index in [9.17, 15) is 0 Å². The predicted molar refractivity (Wildman–Crippen MR) is 98.2 cm³/mol. The van der Waals surface area contributed by atoms with Crippen molar-refractivity contribution in [3.63, 3.8) is 0 Å². The third-order valence-corrected chi connectivity index (χ3v) is 2.93. The first kappa shape index (κ1) is 22.2. The molecule has 122 valence electrons. The summed E-state index contributed by atoms with van der Waals surface area (Å²) in [6, 6.07) is 0. The molecule has 6 heteroatoms. The Bertz CT molecular complexity index is 237. The molecule has 0 saturated heterocycles. The second-order valence-corrected chi connectivity index (χ2v) is 5.12. The van der Waals surface area contributed by atoms with Gasteiger partial charge in [0.05, 0.1) is 6.61 Å². The molecule has 0 atom stereocenters. The van der Waals surface area contributed by atoms with Gasteiger partial charge in [-0.05, 0) is 25.9 Å². The van der Waals surface area contributed by atoms with Crippen molar-refractivity contribution in [3.8, 4) is 0 Å². The van der Waals surface area contributed by atoms with Crippen LogP contribution in [0.5, 0.6) is 0 Å². The number of hydrogen-bond donors (Lipinski definition) is 2. The molecule has 0 aliphatic carbocycles. The molecule has 0 aromatic heterocycles. The summed E-state index contributed by atoms with van der Waals surface area (Å²) in [7, 11) is 3.90. The van der Waals surface area contributed by atoms with Gasteiger partial charge in [-0.2, -0.15) is 0 Å². The zero-order chi connectivity index (χ0) is 14.5. The van der Waals surface area contributed by atoms with E-state index in [-0.39, 0.29) is 24.0 Å². The van der Waals surface area contributed by atoms with Crippen molar-refractivity contribution in [2.45, 2.75) is 27.2 Å². The topological polar surface area (TPSA) is 48.9 Å². The first-order valence-corrected chi connectivity index (χ1v) is 7.31. The van der Waals surface area contributed by atoms with Crippen LogP contribution in [0.15, 0.2) is 4.99 Å². The summed E-state index contributed by atoms with van der Waals surface area (Å²) in [6.07, 6.45) is 1.12. The second kappa shape index (κ2) is 15.3. The Hall–Kier alpha value is -0.0800. The highest BCUT2D eigenvalue weighted by atomic mass is 127. The van der Waals surface area contributed by atoms with E-state index in [0.29, 0.717) is 5.92 Å². The van der Waals surface area contributed by atoms with Crippen LogP contribution >= 0.6 is 24.0 Å². The number of rotatable bonds is 10. The fraction of sp³-hybridized carbons (Fsp3) is 0.929. The van der Waals surface area contributed by atoms with Gasteiger partial charge in [0.2, 0.25) is 0 Å². The molecule has 0 aliphatic heterocycles. The molecule has 0 radical (unpaired) electrons. The molecule has 0 spiro atoms. The van der Waals surface area contributed by atoms with E-state index in [1.54, 1.807) is 7.05 Å². The molecule has 0 aromatic carbocycles. The summed E-state index contributed by atoms with van der Waals surface area (Å²) in [6.45, 7) is 11.9. The fourth-order valence-electron chi connectivity index (χ4n) is 1.41. The summed E-state index contributed by atoms with van der Waals surface area (Å²) in [5.41, 5.74) is 0. The molecule has 20 heavy (non-hydrogen) atoms. The van der Waals surface area contributed by atoms with Gasteiger partial charge in [0.1, 0.15) is 0 Å². The van der Waals surface area contributed by atoms with Gasteiger partial charge in [0, 0.05) is 33.3 Å². The van der Waals surface area contributed by atoms with Gasteiger partial charge in [-0.1, -0.05) is 20.8 Å². The minimum atomic E-state index is 0. The number of nitrogens with zero attached hydrogens (tertiary/aromatic N) is 2. The Morgan fingerprint density at radius 1 is 1.20 bits per heavy atom. The third-order valence-electron chi connectivity index (χ3n) is 2.93. The zero-order valence-corrected chi connectivity index (χ0v) is 16.1. The monoisotopic (exact) mass is 400 g/mol. The Morgan fingerprint density at radius 3 is 2.40 bits per heavy atom. The lowest BCUT2D eigenvalue weighted by Crippen LogP contribution is -2.42. The average Bonchev–Trinajstić information content (AvgIpc) is 2.39. The lowest BCUT2D eigenvalue weighted by molar-refractivity contribution is 0.128. The number of guanidine groups is 1. The van der Waals surface area contributed by atoms with Crippen LogP contribution in [0.25, 0.3) is 0 Å². The molecule has 0 heterocycles. The first-order valence-electron chi connectivity index (χ1n) is 7.31. The number of hydrogen-bond acceptors (Lipinski definition) is 3. The van der Waals surface area contributed by atoms with Gasteiger partial charge in [-0.25, -0.2) is 0 Å². The van der Waals surface area contributed by atoms with Crippen LogP contribution in [0.1, 0.15) is 27.2 Å². The van der Waals surface area contributed by atoms with Gasteiger partial charge in [0.25, 0.3) is 0 Å². The molecule has 0 amide bonds. The van der Waals surface area contributed by atoms with Crippen molar-refractivity contribution in [1.29, 1.82) is 0 Å². The molecular weight excluding hydrogens is 367 g/mol. The van der Waals surface area contributed by atoms with Crippen LogP contribution in [0.4, 0.5) is 0 Å². The highest BCUT2D eigenvalue weighted by molar-refractivity contribution is 14.0. The predicted octanol–water partition coefficient (Wildman–Crippen LogP) is 1.78. The number of likely N-dealkylation sites (N-methyl/N-ethyl adjacent to an activating group) is 1. The second-order valence-electron chi connectivity index (χ2n) is 5.12. The molecule has 0 aliphatic rings. The van der Waals surface area contributed by atoms with Crippen molar-refractivity contribution in [1.82, 2.24) is 15.5 Å². The minimum absolute atomic E-state index is 0. The van der Waals surface area contributed by atoms with E-state index in [1.807, 2.05) is 0 Å². The molecule has 0 fully saturated rings. The minimum Gasteiger partial charge on any atom is -0.380 e. The highest BCUT2D eigenvalue weighted by Gasteiger charge is 1.98. The van der Waals surface area contributed by atoms with Crippen molar-refractivity contribution in [3.05, 3.63) is 0 Å². The molecule has 5 nitrogen and oxygen atoms in total. The van der Waals surface area contributed by atoms with E-state index in [4.69, 9.17) is 4.74 Å². The molecule has 0 aromatic rings. The molecule has 0 bridgehead atoms. The van der Waals surface area contributed by atoms with Gasteiger partial charge in [-0.3, -0.25) is 4.99 Å². The SMILES string of the molecule is CCN(C)CCNC(=NC)NCCOCCC(C)C.I. The first-order chi connectivity index (χ1) is 9.10. The Kier molecular flexibility index (Phi) is 17.0. The largest absolute Gasteiger partial charge is 0.380 e. The van der Waals surface area contributed by atoms with Gasteiger partial charge in [0.15, 0.2) is 5.96 Å². The number of ether oxygens (including phenoxy) is 1. The quantitative estimate of drug-likeness (QED) is 0.254. The highest BCUT2D eigenvalue weighted by Crippen LogP contribution is 1.98. The maximum Gasteiger partial charge on any atom is 0.191 e. The Morgan fingerprint density at radius 2 is 1.85 bits per heavy atom. The van der Waals surface area contributed by atoms with Crippen molar-refractivity contribution < 1.29 is 4.74 Å². The molecule has 0 unspecified atom stereocenters. The molecule has 2 N–H and O–H groups in total. The van der Waals surface area contributed by atoms with E-state index < -0.39 is 0 Å². The van der Waals surface area contributed by atoms with E-state index in [1.165, 1.54) is 0 Å². The normalized spacial score (nSPS) is 11.7. The van der Waals surface area contributed by atoms with Crippen LogP contribution in [0, 0.1) is 5.92 Å². The summed E-state index contributed by atoms with van der Waals surface area (Å²) in [4.78, 5) is 6.44. The molecular formula is C14H33IN4O. The van der Waals surface area contributed by atoms with Crippen molar-refractivity contribution in [2.24, 2.45) is 10.9 Å². The summed E-state index contributed by atoms with van der Waals surface area (Å²) < 4.78 is 5.55. The lowest BCUT2D eigenvalue weighted by atomic mass is 10.1. The summed E-state index contributed by atoms with van der Waals surface area (Å²) in [5, 5.41) is 6.53. The average molecular weight is 400 g/mol. The third kappa shape index (κ3) is 14.3.